The van der Waals surface area contributed by atoms with Crippen molar-refractivity contribution in [2.75, 3.05) is 23.9 Å². The van der Waals surface area contributed by atoms with Crippen molar-refractivity contribution in [1.29, 1.82) is 5.26 Å². The van der Waals surface area contributed by atoms with Gasteiger partial charge in [0.05, 0.1) is 28.2 Å². The number of amides is 1. The molecule has 0 atom stereocenters. The Kier molecular flexibility index (Phi) is 6.80. The van der Waals surface area contributed by atoms with E-state index in [1.165, 1.54) is 22.5 Å². The maximum absolute atomic E-state index is 13.4. The molecule has 2 aromatic rings. The molecule has 0 bridgehead atoms. The average Bonchev–Trinajstić information content (AvgIpc) is 2.77. The highest BCUT2D eigenvalue weighted by Crippen LogP contribution is 2.30. The normalized spacial score (nSPS) is 14.7. The van der Waals surface area contributed by atoms with E-state index >= 15 is 0 Å². The van der Waals surface area contributed by atoms with Crippen molar-refractivity contribution >= 4 is 33.2 Å². The quantitative estimate of drug-likeness (QED) is 0.629. The second-order valence-electron chi connectivity index (χ2n) is 7.00. The van der Waals surface area contributed by atoms with Gasteiger partial charge < -0.3 is 4.90 Å². The summed E-state index contributed by atoms with van der Waals surface area (Å²) in [6, 6.07) is 14.9. The summed E-state index contributed by atoms with van der Waals surface area (Å²) in [5, 5.41) is 9.33. The number of para-hydroxylation sites is 1. The predicted octanol–water partition coefficient (Wildman–Crippen LogP) is 4.10. The van der Waals surface area contributed by atoms with E-state index in [1.54, 1.807) is 41.3 Å². The van der Waals surface area contributed by atoms with E-state index < -0.39 is 10.0 Å². The zero-order valence-corrected chi connectivity index (χ0v) is 17.9. The number of nitriles is 1. The van der Waals surface area contributed by atoms with Crippen molar-refractivity contribution < 1.29 is 13.2 Å². The third-order valence-corrected chi connectivity index (χ3v) is 7.15. The molecule has 0 aromatic heterocycles. The third kappa shape index (κ3) is 4.50. The number of sulfonamides is 1. The van der Waals surface area contributed by atoms with Crippen molar-refractivity contribution in [1.82, 2.24) is 4.90 Å². The molecule has 1 aliphatic heterocycles. The highest BCUT2D eigenvalue weighted by molar-refractivity contribution is 7.92. The van der Waals surface area contributed by atoms with Gasteiger partial charge in [-0.3, -0.25) is 9.10 Å². The molecule has 2 aromatic carbocycles. The number of halogens is 1. The number of carbonyl (C=O) groups is 1. The fraction of sp³-hybridized carbons (Fsp3) is 0.273. The number of piperidine rings is 1. The molecule has 0 N–H and O–H groups in total. The highest BCUT2D eigenvalue weighted by atomic mass is 35.5. The summed E-state index contributed by atoms with van der Waals surface area (Å²) in [5.74, 6) is -0.278. The molecule has 1 amide bonds. The van der Waals surface area contributed by atoms with Gasteiger partial charge in [0.15, 0.2) is 0 Å². The van der Waals surface area contributed by atoms with Crippen molar-refractivity contribution in [3.05, 3.63) is 71.8 Å². The highest BCUT2D eigenvalue weighted by Gasteiger charge is 2.28. The van der Waals surface area contributed by atoms with Crippen molar-refractivity contribution in [3.8, 4) is 6.07 Å². The summed E-state index contributed by atoms with van der Waals surface area (Å²) in [6.07, 6.45) is 2.73. The Labute approximate surface area is 182 Å². The molecule has 1 aliphatic rings. The van der Waals surface area contributed by atoms with E-state index in [0.29, 0.717) is 42.2 Å². The van der Waals surface area contributed by atoms with Gasteiger partial charge in [0.25, 0.3) is 15.9 Å². The fourth-order valence-corrected chi connectivity index (χ4v) is 5.20. The molecule has 1 saturated heterocycles. The number of hydrogen-bond donors (Lipinski definition) is 0. The zero-order valence-electron chi connectivity index (χ0n) is 16.4. The van der Waals surface area contributed by atoms with E-state index in [0.717, 1.165) is 0 Å². The molecule has 3 rings (SSSR count). The molecule has 0 aliphatic carbocycles. The van der Waals surface area contributed by atoms with Gasteiger partial charge in [-0.1, -0.05) is 35.9 Å². The summed E-state index contributed by atoms with van der Waals surface area (Å²) >= 11 is 6.23. The predicted molar refractivity (Wildman–Crippen MR) is 117 cm³/mol. The number of likely N-dealkylation sites (tertiary alicyclic amines) is 1. The minimum absolute atomic E-state index is 0.00188. The Morgan fingerprint density at radius 2 is 1.93 bits per heavy atom. The molecule has 30 heavy (non-hydrogen) atoms. The lowest BCUT2D eigenvalue weighted by Crippen LogP contribution is -2.38. The Morgan fingerprint density at radius 1 is 1.23 bits per heavy atom. The first-order valence-electron chi connectivity index (χ1n) is 9.55. The van der Waals surface area contributed by atoms with Crippen LogP contribution in [0.5, 0.6) is 0 Å². The van der Waals surface area contributed by atoms with Crippen molar-refractivity contribution in [2.45, 2.75) is 17.7 Å². The molecule has 8 heteroatoms. The van der Waals surface area contributed by atoms with Gasteiger partial charge in [0.2, 0.25) is 0 Å². The van der Waals surface area contributed by atoms with Gasteiger partial charge >= 0.3 is 0 Å². The van der Waals surface area contributed by atoms with Crippen LogP contribution in [0.15, 0.2) is 66.1 Å². The van der Waals surface area contributed by atoms with Gasteiger partial charge in [0.1, 0.15) is 0 Å². The van der Waals surface area contributed by atoms with Crippen molar-refractivity contribution in [3.63, 3.8) is 0 Å². The smallest absolute Gasteiger partial charge is 0.264 e. The Hall–Kier alpha value is -2.82. The van der Waals surface area contributed by atoms with E-state index in [9.17, 15) is 13.2 Å². The van der Waals surface area contributed by atoms with Crippen molar-refractivity contribution in [2.24, 2.45) is 5.92 Å². The zero-order chi connectivity index (χ0) is 21.7. The molecule has 1 heterocycles. The van der Waals surface area contributed by atoms with Crippen LogP contribution >= 0.6 is 11.6 Å². The largest absolute Gasteiger partial charge is 0.339 e. The van der Waals surface area contributed by atoms with E-state index in [2.05, 4.69) is 12.6 Å². The molecule has 0 radical (unpaired) electrons. The lowest BCUT2D eigenvalue weighted by atomic mass is 9.98. The molecule has 1 fully saturated rings. The van der Waals surface area contributed by atoms with Gasteiger partial charge in [-0.15, -0.1) is 6.58 Å². The summed E-state index contributed by atoms with van der Waals surface area (Å²) in [5.41, 5.74) is 0.638. The summed E-state index contributed by atoms with van der Waals surface area (Å²) in [4.78, 5) is 14.6. The molecule has 0 spiro atoms. The van der Waals surface area contributed by atoms with Crippen LogP contribution in [0.4, 0.5) is 5.69 Å². The molecular weight excluding hydrogens is 422 g/mol. The van der Waals surface area contributed by atoms with Crippen LogP contribution in [0.25, 0.3) is 0 Å². The number of nitrogens with zero attached hydrogens (tertiary/aromatic N) is 3. The number of rotatable bonds is 6. The van der Waals surface area contributed by atoms with Crippen LogP contribution in [-0.2, 0) is 10.0 Å². The Morgan fingerprint density at radius 3 is 2.57 bits per heavy atom. The molecule has 0 saturated carbocycles. The van der Waals surface area contributed by atoms with Crippen LogP contribution in [0.3, 0.4) is 0 Å². The van der Waals surface area contributed by atoms with Gasteiger partial charge in [-0.05, 0) is 43.2 Å². The first-order valence-corrected chi connectivity index (χ1v) is 11.4. The third-order valence-electron chi connectivity index (χ3n) is 5.05. The Bertz CT molecular complexity index is 1090. The van der Waals surface area contributed by atoms with Gasteiger partial charge in [0, 0.05) is 24.6 Å². The topological polar surface area (TPSA) is 81.5 Å². The minimum Gasteiger partial charge on any atom is -0.339 e. The first-order chi connectivity index (χ1) is 14.4. The minimum atomic E-state index is -3.97. The van der Waals surface area contributed by atoms with Crippen LogP contribution in [0, 0.1) is 17.2 Å². The van der Waals surface area contributed by atoms with Gasteiger partial charge in [-0.25, -0.2) is 8.42 Å². The van der Waals surface area contributed by atoms with Crippen LogP contribution in [-0.4, -0.2) is 38.9 Å². The molecule has 0 unspecified atom stereocenters. The fourth-order valence-electron chi connectivity index (χ4n) is 3.41. The Balaban J connectivity index is 1.91. The lowest BCUT2D eigenvalue weighted by Gasteiger charge is -2.29. The molecule has 156 valence electrons. The first kappa shape index (κ1) is 21.9. The second-order valence-corrected chi connectivity index (χ2v) is 9.27. The number of hydrogen-bond acceptors (Lipinski definition) is 4. The maximum Gasteiger partial charge on any atom is 0.264 e. The van der Waals surface area contributed by atoms with Crippen LogP contribution in [0.1, 0.15) is 23.2 Å². The summed E-state index contributed by atoms with van der Waals surface area (Å²) in [6.45, 7) is 4.65. The van der Waals surface area contributed by atoms with Crippen LogP contribution in [0.2, 0.25) is 5.02 Å². The lowest BCUT2D eigenvalue weighted by molar-refractivity contribution is 0.0707. The number of carbonyl (C=O) groups excluding carboxylic acids is 1. The monoisotopic (exact) mass is 443 g/mol. The molecular formula is C22H22ClN3O3S. The van der Waals surface area contributed by atoms with Crippen LogP contribution < -0.4 is 4.31 Å². The average molecular weight is 444 g/mol. The van der Waals surface area contributed by atoms with Gasteiger partial charge in [-0.2, -0.15) is 5.26 Å². The summed E-state index contributed by atoms with van der Waals surface area (Å²) < 4.78 is 27.9. The SMILES string of the molecule is C=CCN(c1ccccc1Cl)S(=O)(=O)c1cccc(C(=O)N2CCC(C#N)CC2)c1. The standard InChI is InChI=1S/C22H22ClN3O3S/c1-2-12-26(21-9-4-3-8-20(21)23)30(28,29)19-7-5-6-18(15-19)22(27)25-13-10-17(16-24)11-14-25/h2-9,15,17H,1,10-14H2. The van der Waals surface area contributed by atoms with E-state index in [-0.39, 0.29) is 23.3 Å². The maximum atomic E-state index is 13.4. The molecule has 6 nitrogen and oxygen atoms in total. The number of anilines is 1. The number of benzene rings is 2. The second kappa shape index (κ2) is 9.33. The van der Waals surface area contributed by atoms with E-state index in [4.69, 9.17) is 16.9 Å². The van der Waals surface area contributed by atoms with E-state index in [1.807, 2.05) is 0 Å². The summed E-state index contributed by atoms with van der Waals surface area (Å²) in [7, 11) is -3.97.